The molecular weight excluding hydrogens is 320 g/mol. The first-order valence-electron chi connectivity index (χ1n) is 6.56. The Balaban J connectivity index is 2.07. The van der Waals surface area contributed by atoms with Crippen LogP contribution in [0.5, 0.6) is 0 Å². The van der Waals surface area contributed by atoms with E-state index in [1.165, 1.54) is 4.90 Å². The smallest absolute Gasteiger partial charge is 0.265 e. The maximum atomic E-state index is 12.5. The minimum absolute atomic E-state index is 0.201. The number of pyridine rings is 1. The number of amides is 2. The summed E-state index contributed by atoms with van der Waals surface area (Å²) in [5.41, 5.74) is 2.68. The van der Waals surface area contributed by atoms with Crippen LogP contribution in [-0.4, -0.2) is 16.8 Å². The first kappa shape index (κ1) is 13.2. The molecule has 5 heteroatoms. The number of allylic oxidation sites excluding steroid dienone is 1. The molecule has 1 aromatic rings. The van der Waals surface area contributed by atoms with Crippen molar-refractivity contribution >= 4 is 33.4 Å². The number of aromatic nitrogens is 1. The minimum Gasteiger partial charge on any atom is -0.269 e. The third-order valence-corrected chi connectivity index (χ3v) is 4.05. The maximum absolute atomic E-state index is 12.5. The molecule has 0 atom stereocenters. The van der Waals surface area contributed by atoms with Gasteiger partial charge in [-0.25, -0.2) is 9.88 Å². The summed E-state index contributed by atoms with van der Waals surface area (Å²) in [6.45, 7) is 1.99. The van der Waals surface area contributed by atoms with E-state index in [1.807, 2.05) is 19.1 Å². The molecule has 0 bridgehead atoms. The standard InChI is InChI=1S/C15H13BrN2O2/c1-2-9-7-13(16)17-8-12(9)18-14(19)10-5-3-4-6-11(10)15(18)20/h3,5,7-8H,2,4,6H2,1H3. The van der Waals surface area contributed by atoms with Gasteiger partial charge in [0.15, 0.2) is 0 Å². The number of rotatable bonds is 2. The molecule has 0 radical (unpaired) electrons. The van der Waals surface area contributed by atoms with Crippen LogP contribution in [-0.2, 0) is 16.0 Å². The quantitative estimate of drug-likeness (QED) is 0.618. The van der Waals surface area contributed by atoms with Crippen molar-refractivity contribution < 1.29 is 9.59 Å². The van der Waals surface area contributed by atoms with Gasteiger partial charge >= 0.3 is 0 Å². The molecule has 20 heavy (non-hydrogen) atoms. The van der Waals surface area contributed by atoms with E-state index in [9.17, 15) is 9.59 Å². The molecule has 0 spiro atoms. The summed E-state index contributed by atoms with van der Waals surface area (Å²) >= 11 is 3.32. The van der Waals surface area contributed by atoms with Crippen LogP contribution in [0.15, 0.2) is 40.2 Å². The summed E-state index contributed by atoms with van der Waals surface area (Å²) in [6.07, 6.45) is 7.46. The number of carbonyl (C=O) groups is 2. The zero-order valence-electron chi connectivity index (χ0n) is 11.0. The molecule has 1 aliphatic carbocycles. The fraction of sp³-hybridized carbons (Fsp3) is 0.267. The third kappa shape index (κ3) is 1.93. The van der Waals surface area contributed by atoms with E-state index in [1.54, 1.807) is 12.3 Å². The van der Waals surface area contributed by atoms with Gasteiger partial charge in [-0.15, -0.1) is 0 Å². The summed E-state index contributed by atoms with van der Waals surface area (Å²) in [4.78, 5) is 30.4. The molecular formula is C15H13BrN2O2. The molecule has 0 saturated carbocycles. The van der Waals surface area contributed by atoms with Crippen LogP contribution >= 0.6 is 15.9 Å². The number of carbonyl (C=O) groups excluding carboxylic acids is 2. The lowest BCUT2D eigenvalue weighted by molar-refractivity contribution is -0.120. The lowest BCUT2D eigenvalue weighted by Gasteiger charge is -2.18. The molecule has 0 saturated heterocycles. The van der Waals surface area contributed by atoms with Gasteiger partial charge in [-0.05, 0) is 46.8 Å². The minimum atomic E-state index is -0.236. The Morgan fingerprint density at radius 2 is 2.15 bits per heavy atom. The number of hydrogen-bond donors (Lipinski definition) is 0. The second-order valence-corrected chi connectivity index (χ2v) is 5.58. The first-order chi connectivity index (χ1) is 9.63. The Labute approximate surface area is 125 Å². The van der Waals surface area contributed by atoms with Gasteiger partial charge in [-0.1, -0.05) is 19.1 Å². The Bertz CT molecular complexity index is 676. The second kappa shape index (κ2) is 4.98. The second-order valence-electron chi connectivity index (χ2n) is 4.77. The number of halogens is 1. The van der Waals surface area contributed by atoms with Gasteiger partial charge in [0, 0.05) is 11.1 Å². The number of nitrogens with zero attached hydrogens (tertiary/aromatic N) is 2. The lowest BCUT2D eigenvalue weighted by atomic mass is 10.00. The lowest BCUT2D eigenvalue weighted by Crippen LogP contribution is -2.32. The van der Waals surface area contributed by atoms with Crippen LogP contribution in [0.3, 0.4) is 0 Å². The highest BCUT2D eigenvalue weighted by Crippen LogP contribution is 2.34. The topological polar surface area (TPSA) is 50.3 Å². The van der Waals surface area contributed by atoms with E-state index in [4.69, 9.17) is 0 Å². The van der Waals surface area contributed by atoms with Crippen LogP contribution in [0.2, 0.25) is 0 Å². The molecule has 0 unspecified atom stereocenters. The normalized spacial score (nSPS) is 18.0. The number of anilines is 1. The van der Waals surface area contributed by atoms with Crippen molar-refractivity contribution in [2.45, 2.75) is 26.2 Å². The highest BCUT2D eigenvalue weighted by Gasteiger charge is 2.39. The van der Waals surface area contributed by atoms with E-state index in [-0.39, 0.29) is 11.8 Å². The molecule has 102 valence electrons. The zero-order chi connectivity index (χ0) is 14.3. The Morgan fingerprint density at radius 1 is 1.35 bits per heavy atom. The summed E-state index contributed by atoms with van der Waals surface area (Å²) in [6, 6.07) is 1.85. The van der Waals surface area contributed by atoms with Crippen molar-refractivity contribution in [1.82, 2.24) is 4.98 Å². The van der Waals surface area contributed by atoms with Gasteiger partial charge in [0.05, 0.1) is 11.9 Å². The zero-order valence-corrected chi connectivity index (χ0v) is 12.6. The van der Waals surface area contributed by atoms with E-state index in [2.05, 4.69) is 20.9 Å². The molecule has 0 N–H and O–H groups in total. The molecule has 2 aliphatic rings. The fourth-order valence-electron chi connectivity index (χ4n) is 2.60. The molecule has 0 aromatic carbocycles. The number of hydrogen-bond acceptors (Lipinski definition) is 3. The van der Waals surface area contributed by atoms with Crippen molar-refractivity contribution in [3.63, 3.8) is 0 Å². The van der Waals surface area contributed by atoms with Crippen LogP contribution in [0.4, 0.5) is 5.69 Å². The van der Waals surface area contributed by atoms with Crippen molar-refractivity contribution in [2.75, 3.05) is 4.90 Å². The average Bonchev–Trinajstić information content (AvgIpc) is 2.72. The first-order valence-corrected chi connectivity index (χ1v) is 7.35. The van der Waals surface area contributed by atoms with Crippen LogP contribution in [0.25, 0.3) is 0 Å². The Kier molecular flexibility index (Phi) is 3.30. The largest absolute Gasteiger partial charge is 0.269 e. The summed E-state index contributed by atoms with van der Waals surface area (Å²) < 4.78 is 0.704. The summed E-state index contributed by atoms with van der Waals surface area (Å²) in [7, 11) is 0. The van der Waals surface area contributed by atoms with Gasteiger partial charge in [0.1, 0.15) is 4.60 Å². The predicted molar refractivity (Wildman–Crippen MR) is 79.2 cm³/mol. The van der Waals surface area contributed by atoms with Crippen LogP contribution in [0, 0.1) is 0 Å². The van der Waals surface area contributed by atoms with Gasteiger partial charge in [0.25, 0.3) is 11.8 Å². The summed E-state index contributed by atoms with van der Waals surface area (Å²) in [5, 5.41) is 0. The third-order valence-electron chi connectivity index (χ3n) is 3.62. The highest BCUT2D eigenvalue weighted by atomic mass is 79.9. The van der Waals surface area contributed by atoms with Crippen molar-refractivity contribution in [3.8, 4) is 0 Å². The molecule has 4 nitrogen and oxygen atoms in total. The van der Waals surface area contributed by atoms with Crippen molar-refractivity contribution in [1.29, 1.82) is 0 Å². The predicted octanol–water partition coefficient (Wildman–Crippen LogP) is 2.93. The number of imide groups is 1. The van der Waals surface area contributed by atoms with Crippen LogP contribution < -0.4 is 4.90 Å². The van der Waals surface area contributed by atoms with Gasteiger partial charge in [-0.2, -0.15) is 0 Å². The Morgan fingerprint density at radius 3 is 2.85 bits per heavy atom. The van der Waals surface area contributed by atoms with E-state index < -0.39 is 0 Å². The highest BCUT2D eigenvalue weighted by molar-refractivity contribution is 9.10. The van der Waals surface area contributed by atoms with Gasteiger partial charge in [-0.3, -0.25) is 9.59 Å². The van der Waals surface area contributed by atoms with Crippen molar-refractivity contribution in [2.24, 2.45) is 0 Å². The molecule has 3 rings (SSSR count). The molecule has 1 aromatic heterocycles. The fourth-order valence-corrected chi connectivity index (χ4v) is 2.98. The molecule has 2 amide bonds. The average molecular weight is 333 g/mol. The van der Waals surface area contributed by atoms with Crippen molar-refractivity contribution in [3.05, 3.63) is 45.7 Å². The van der Waals surface area contributed by atoms with E-state index >= 15 is 0 Å². The van der Waals surface area contributed by atoms with Gasteiger partial charge in [0.2, 0.25) is 0 Å². The molecule has 2 heterocycles. The Hall–Kier alpha value is -1.75. The monoisotopic (exact) mass is 332 g/mol. The molecule has 1 aliphatic heterocycles. The van der Waals surface area contributed by atoms with E-state index in [0.29, 0.717) is 27.9 Å². The van der Waals surface area contributed by atoms with Gasteiger partial charge < -0.3 is 0 Å². The SMILES string of the molecule is CCc1cc(Br)ncc1N1C(=O)C2=C(CCC=C2)C1=O. The van der Waals surface area contributed by atoms with Crippen LogP contribution in [0.1, 0.15) is 25.3 Å². The summed E-state index contributed by atoms with van der Waals surface area (Å²) in [5.74, 6) is -0.437. The maximum Gasteiger partial charge on any atom is 0.265 e. The number of aryl methyl sites for hydroxylation is 1. The molecule has 0 fully saturated rings. The van der Waals surface area contributed by atoms with E-state index in [0.717, 1.165) is 18.4 Å².